The van der Waals surface area contributed by atoms with E-state index in [4.69, 9.17) is 9.84 Å². The first-order valence-corrected chi connectivity index (χ1v) is 12.7. The van der Waals surface area contributed by atoms with Crippen molar-refractivity contribution >= 4 is 27.9 Å². The summed E-state index contributed by atoms with van der Waals surface area (Å²) in [5.74, 6) is 1.08. The van der Waals surface area contributed by atoms with E-state index in [2.05, 4.69) is 47.3 Å². The van der Waals surface area contributed by atoms with Crippen LogP contribution < -0.4 is 10.3 Å². The minimum absolute atomic E-state index is 0.0602. The third-order valence-electron chi connectivity index (χ3n) is 6.46. The van der Waals surface area contributed by atoms with Gasteiger partial charge in [-0.05, 0) is 36.8 Å². The maximum Gasteiger partial charge on any atom is 0.270 e. The number of pyridine rings is 2. The van der Waals surface area contributed by atoms with Crippen molar-refractivity contribution in [2.24, 2.45) is 0 Å². The van der Waals surface area contributed by atoms with Gasteiger partial charge in [0.1, 0.15) is 22.7 Å². The second kappa shape index (κ2) is 10.2. The molecule has 0 aliphatic carbocycles. The fraction of sp³-hybridized carbons (Fsp3) is 0.267. The number of nitrogens with one attached hydrogen (secondary N) is 1. The molecule has 0 bridgehead atoms. The summed E-state index contributed by atoms with van der Waals surface area (Å²) < 4.78 is 8.11. The summed E-state index contributed by atoms with van der Waals surface area (Å²) in [7, 11) is 0. The van der Waals surface area contributed by atoms with Gasteiger partial charge >= 0.3 is 0 Å². The molecule has 0 saturated heterocycles. The molecule has 39 heavy (non-hydrogen) atoms. The highest BCUT2D eigenvalue weighted by Crippen LogP contribution is 2.33. The number of rotatable bonds is 8. The van der Waals surface area contributed by atoms with Crippen molar-refractivity contribution in [1.82, 2.24) is 29.7 Å². The molecule has 1 aromatic carbocycles. The number of allylic oxidation sites excluding steroid dienone is 1. The number of aromatic amines is 1. The number of carbonyl (C=O) groups excluding carboxylic acids is 1. The van der Waals surface area contributed by atoms with Crippen molar-refractivity contribution in [3.8, 4) is 11.5 Å². The number of H-pyrrole nitrogens is 1. The zero-order chi connectivity index (χ0) is 27.7. The van der Waals surface area contributed by atoms with Gasteiger partial charge in [0.2, 0.25) is 0 Å². The van der Waals surface area contributed by atoms with Gasteiger partial charge in [0, 0.05) is 47.8 Å². The molecule has 0 aliphatic heterocycles. The van der Waals surface area contributed by atoms with E-state index in [1.54, 1.807) is 31.5 Å². The van der Waals surface area contributed by atoms with E-state index in [1.165, 1.54) is 0 Å². The number of hydrogen-bond donors (Lipinski definition) is 1. The summed E-state index contributed by atoms with van der Waals surface area (Å²) in [6.07, 6.45) is 5.52. The van der Waals surface area contributed by atoms with Gasteiger partial charge in [-0.2, -0.15) is 5.10 Å². The van der Waals surface area contributed by atoms with Crippen LogP contribution in [-0.4, -0.2) is 35.5 Å². The highest BCUT2D eigenvalue weighted by atomic mass is 16.5. The highest BCUT2D eigenvalue weighted by Gasteiger charge is 2.21. The Hall–Kier alpha value is -4.66. The van der Waals surface area contributed by atoms with Gasteiger partial charge in [-0.15, -0.1) is 6.58 Å². The van der Waals surface area contributed by atoms with Crippen LogP contribution in [-0.2, 0) is 29.6 Å². The summed E-state index contributed by atoms with van der Waals surface area (Å²) in [4.78, 5) is 41.1. The van der Waals surface area contributed by atoms with Crippen LogP contribution in [0.2, 0.25) is 0 Å². The average molecular weight is 523 g/mol. The van der Waals surface area contributed by atoms with Crippen molar-refractivity contribution in [2.75, 3.05) is 0 Å². The molecule has 0 amide bonds. The smallest absolute Gasteiger partial charge is 0.270 e. The molecular weight excluding hydrogens is 492 g/mol. The first-order chi connectivity index (χ1) is 18.6. The van der Waals surface area contributed by atoms with Crippen LogP contribution >= 0.6 is 0 Å². The molecule has 0 aliphatic rings. The minimum Gasteiger partial charge on any atom is -0.454 e. The largest absolute Gasteiger partial charge is 0.454 e. The molecule has 4 heterocycles. The first-order valence-electron chi connectivity index (χ1n) is 12.7. The van der Waals surface area contributed by atoms with Crippen LogP contribution in [0.25, 0.3) is 22.1 Å². The summed E-state index contributed by atoms with van der Waals surface area (Å²) in [5.41, 5.74) is 4.02. The molecule has 5 aromatic rings. The van der Waals surface area contributed by atoms with Crippen LogP contribution in [0.1, 0.15) is 43.4 Å². The Morgan fingerprint density at radius 1 is 1.08 bits per heavy atom. The Kier molecular flexibility index (Phi) is 6.82. The Bertz CT molecular complexity index is 1780. The van der Waals surface area contributed by atoms with E-state index >= 15 is 0 Å². The monoisotopic (exact) mass is 522 g/mol. The van der Waals surface area contributed by atoms with Crippen molar-refractivity contribution in [3.63, 3.8) is 0 Å². The number of ketones is 1. The molecule has 1 N–H and O–H groups in total. The number of carbonyl (C=O) groups is 1. The van der Waals surface area contributed by atoms with Gasteiger partial charge in [-0.3, -0.25) is 19.3 Å². The van der Waals surface area contributed by atoms with Gasteiger partial charge in [-0.1, -0.05) is 32.9 Å². The van der Waals surface area contributed by atoms with E-state index in [0.29, 0.717) is 40.4 Å². The number of aromatic nitrogens is 6. The second-order valence-electron chi connectivity index (χ2n) is 10.5. The fourth-order valence-corrected chi connectivity index (χ4v) is 4.41. The van der Waals surface area contributed by atoms with Gasteiger partial charge in [0.05, 0.1) is 17.8 Å². The third-order valence-corrected chi connectivity index (χ3v) is 6.46. The lowest BCUT2D eigenvalue weighted by Gasteiger charge is -2.14. The molecule has 0 spiro atoms. The normalized spacial score (nSPS) is 11.7. The van der Waals surface area contributed by atoms with Crippen molar-refractivity contribution in [2.45, 2.75) is 52.5 Å². The van der Waals surface area contributed by atoms with E-state index < -0.39 is 0 Å². The molecule has 0 saturated carbocycles. The van der Waals surface area contributed by atoms with Gasteiger partial charge in [0.15, 0.2) is 11.4 Å². The van der Waals surface area contributed by atoms with Crippen LogP contribution in [0, 0.1) is 6.92 Å². The highest BCUT2D eigenvalue weighted by molar-refractivity contribution is 5.93. The molecule has 0 fully saturated rings. The lowest BCUT2D eigenvalue weighted by atomic mass is 9.92. The maximum absolute atomic E-state index is 13.3. The summed E-state index contributed by atoms with van der Waals surface area (Å²) in [6.45, 7) is 12.3. The molecule has 5 rings (SSSR count). The lowest BCUT2D eigenvalue weighted by Crippen LogP contribution is -2.13. The van der Waals surface area contributed by atoms with E-state index in [1.807, 2.05) is 35.0 Å². The zero-order valence-corrected chi connectivity index (χ0v) is 22.5. The molecule has 0 radical (unpaired) electrons. The fourth-order valence-electron chi connectivity index (χ4n) is 4.41. The molecular formula is C30H30N6O3. The Morgan fingerprint density at radius 3 is 2.67 bits per heavy atom. The van der Waals surface area contributed by atoms with E-state index in [0.717, 1.165) is 22.3 Å². The van der Waals surface area contributed by atoms with Crippen molar-refractivity contribution < 1.29 is 9.53 Å². The van der Waals surface area contributed by atoms with Crippen molar-refractivity contribution in [3.05, 3.63) is 94.4 Å². The number of fused-ring (bicyclic) bond motifs is 2. The Labute approximate surface area is 225 Å². The van der Waals surface area contributed by atoms with Crippen molar-refractivity contribution in [1.29, 1.82) is 0 Å². The Morgan fingerprint density at radius 2 is 1.90 bits per heavy atom. The maximum atomic E-state index is 13.3. The molecule has 4 aromatic heterocycles. The topological polar surface area (TPSA) is 116 Å². The predicted octanol–water partition coefficient (Wildman–Crippen LogP) is 5.00. The molecule has 198 valence electrons. The first kappa shape index (κ1) is 26.0. The second-order valence-corrected chi connectivity index (χ2v) is 10.5. The SMILES string of the molecule is C=CCn1nc(C(C)(C)C)cc1CC(=O)Cc1ccc(Oc2ccnc3[nH]c(=O)c(C)nc23)c2cccnc12. The number of benzene rings is 1. The number of Topliss-reactive ketones (excluding diaryl/α,β-unsaturated/α-hetero) is 1. The number of aryl methyl sites for hydroxylation is 1. The number of nitrogens with zero attached hydrogens (tertiary/aromatic N) is 5. The van der Waals surface area contributed by atoms with Gasteiger partial charge in [0.25, 0.3) is 5.56 Å². The summed E-state index contributed by atoms with van der Waals surface area (Å²) >= 11 is 0. The van der Waals surface area contributed by atoms with E-state index in [9.17, 15) is 9.59 Å². The molecule has 0 atom stereocenters. The van der Waals surface area contributed by atoms with Crippen LogP contribution in [0.3, 0.4) is 0 Å². The molecule has 9 heteroatoms. The van der Waals surface area contributed by atoms with Crippen LogP contribution in [0.5, 0.6) is 11.5 Å². The van der Waals surface area contributed by atoms with E-state index in [-0.39, 0.29) is 29.6 Å². The summed E-state index contributed by atoms with van der Waals surface area (Å²) in [6, 6.07) is 11.1. The van der Waals surface area contributed by atoms with Crippen LogP contribution in [0.15, 0.2) is 66.2 Å². The van der Waals surface area contributed by atoms with Crippen LogP contribution in [0.4, 0.5) is 0 Å². The molecule has 0 unspecified atom stereocenters. The number of ether oxygens (including phenoxy) is 1. The lowest BCUT2D eigenvalue weighted by molar-refractivity contribution is -0.117. The van der Waals surface area contributed by atoms with Gasteiger partial charge in [-0.25, -0.2) is 9.97 Å². The average Bonchev–Trinajstić information content (AvgIpc) is 3.29. The third kappa shape index (κ3) is 5.34. The Balaban J connectivity index is 1.44. The quantitative estimate of drug-likeness (QED) is 0.285. The molecule has 9 nitrogen and oxygen atoms in total. The minimum atomic E-state index is -0.294. The van der Waals surface area contributed by atoms with Gasteiger partial charge < -0.3 is 9.72 Å². The predicted molar refractivity (Wildman–Crippen MR) is 150 cm³/mol. The zero-order valence-electron chi connectivity index (χ0n) is 22.5. The standard InChI is InChI=1S/C30H30N6O3/c1-6-14-36-20(17-25(35-36)30(3,4)5)16-21(37)15-19-9-10-23(22-8-7-12-31-26(19)22)39-24-11-13-32-28-27(24)33-18(2)29(38)34-28/h6-13,17H,1,14-16H2,2-5H3,(H,32,34,38). The summed E-state index contributed by atoms with van der Waals surface area (Å²) in [5, 5.41) is 5.46. The number of hydrogen-bond acceptors (Lipinski definition) is 7.